The average molecular weight is 302 g/mol. The molecule has 1 aromatic carbocycles. The molecule has 1 N–H and O–H groups in total. The lowest BCUT2D eigenvalue weighted by molar-refractivity contribution is -0.661. The highest BCUT2D eigenvalue weighted by Crippen LogP contribution is 2.22. The Bertz CT molecular complexity index is 536. The van der Waals surface area contributed by atoms with Gasteiger partial charge in [0.1, 0.15) is 4.70 Å². The summed E-state index contributed by atoms with van der Waals surface area (Å²) in [5.41, 5.74) is 2.17. The van der Waals surface area contributed by atoms with Gasteiger partial charge in [-0.3, -0.25) is 0 Å². The van der Waals surface area contributed by atoms with Crippen molar-refractivity contribution in [2.24, 2.45) is 0 Å². The number of nitrogens with zero attached hydrogens (tertiary/aromatic N) is 1. The van der Waals surface area contributed by atoms with E-state index >= 15 is 0 Å². The SMILES string of the molecule is Cc1cccc2sc(C)[n+](CC(=O)O)c12.[Br-]. The van der Waals surface area contributed by atoms with Crippen molar-refractivity contribution in [2.45, 2.75) is 20.4 Å². The molecule has 16 heavy (non-hydrogen) atoms. The van der Waals surface area contributed by atoms with Gasteiger partial charge >= 0.3 is 5.97 Å². The monoisotopic (exact) mass is 301 g/mol. The molecule has 0 bridgehead atoms. The topological polar surface area (TPSA) is 41.2 Å². The van der Waals surface area contributed by atoms with Gasteiger partial charge in [0.2, 0.25) is 17.1 Å². The van der Waals surface area contributed by atoms with Crippen molar-refractivity contribution in [1.29, 1.82) is 0 Å². The Morgan fingerprint density at radius 3 is 2.75 bits per heavy atom. The van der Waals surface area contributed by atoms with Gasteiger partial charge in [-0.05, 0) is 13.0 Å². The average Bonchev–Trinajstić information content (AvgIpc) is 2.43. The van der Waals surface area contributed by atoms with Crippen LogP contribution in [0, 0.1) is 13.8 Å². The molecule has 3 nitrogen and oxygen atoms in total. The Balaban J connectivity index is 0.00000128. The number of hydrogen-bond acceptors (Lipinski definition) is 2. The molecule has 2 aromatic rings. The largest absolute Gasteiger partial charge is 1.00 e. The summed E-state index contributed by atoms with van der Waals surface area (Å²) in [6.45, 7) is 4.00. The Morgan fingerprint density at radius 2 is 2.12 bits per heavy atom. The van der Waals surface area contributed by atoms with Crippen molar-refractivity contribution in [3.05, 3.63) is 28.8 Å². The number of hydrogen-bond donors (Lipinski definition) is 1. The second-order valence-electron chi connectivity index (χ2n) is 3.52. The zero-order valence-electron chi connectivity index (χ0n) is 9.03. The molecule has 86 valence electrons. The summed E-state index contributed by atoms with van der Waals surface area (Å²) in [6.07, 6.45) is 0. The van der Waals surface area contributed by atoms with Gasteiger partial charge in [0, 0.05) is 12.5 Å². The summed E-state index contributed by atoms with van der Waals surface area (Å²) in [4.78, 5) is 10.8. The standard InChI is InChI=1S/C11H11NO2S.BrH/c1-7-4-3-5-9-11(7)12(6-10(13)14)8(2)15-9;/h3-5H,6H2,1-2H3;1H. The number of carbonyl (C=O) groups is 1. The van der Waals surface area contributed by atoms with E-state index < -0.39 is 5.97 Å². The van der Waals surface area contributed by atoms with Crippen LogP contribution in [0.15, 0.2) is 18.2 Å². The molecular formula is C11H12BrNO2S. The highest BCUT2D eigenvalue weighted by Gasteiger charge is 2.21. The second-order valence-corrected chi connectivity index (χ2v) is 4.76. The molecule has 0 radical (unpaired) electrons. The van der Waals surface area contributed by atoms with Crippen molar-refractivity contribution in [3.63, 3.8) is 0 Å². The predicted molar refractivity (Wildman–Crippen MR) is 59.1 cm³/mol. The van der Waals surface area contributed by atoms with Crippen LogP contribution >= 0.6 is 11.3 Å². The molecular weight excluding hydrogens is 290 g/mol. The third kappa shape index (κ3) is 2.25. The molecule has 0 aliphatic heterocycles. The number of carboxylic acid groups (broad SMARTS) is 1. The number of aromatic nitrogens is 1. The molecule has 0 saturated carbocycles. The molecule has 0 atom stereocenters. The summed E-state index contributed by atoms with van der Waals surface area (Å²) in [5.74, 6) is -0.800. The molecule has 0 spiro atoms. The first kappa shape index (κ1) is 13.1. The Hall–Kier alpha value is -0.940. The number of aryl methyl sites for hydroxylation is 2. The first-order valence-corrected chi connectivity index (χ1v) is 5.51. The molecule has 0 amide bonds. The fourth-order valence-electron chi connectivity index (χ4n) is 1.76. The fourth-order valence-corrected chi connectivity index (χ4v) is 2.86. The van der Waals surface area contributed by atoms with Crippen molar-refractivity contribution >= 4 is 27.5 Å². The second kappa shape index (κ2) is 4.93. The zero-order valence-corrected chi connectivity index (χ0v) is 11.4. The van der Waals surface area contributed by atoms with Crippen LogP contribution in [0.5, 0.6) is 0 Å². The lowest BCUT2D eigenvalue weighted by Crippen LogP contribution is -3.00. The van der Waals surface area contributed by atoms with Crippen LogP contribution < -0.4 is 21.5 Å². The highest BCUT2D eigenvalue weighted by atomic mass is 79.9. The van der Waals surface area contributed by atoms with E-state index in [0.717, 1.165) is 20.8 Å². The molecule has 0 aliphatic carbocycles. The van der Waals surface area contributed by atoms with Crippen molar-refractivity contribution < 1.29 is 31.4 Å². The molecule has 0 fully saturated rings. The van der Waals surface area contributed by atoms with Crippen LogP contribution in [0.25, 0.3) is 10.2 Å². The Labute approximate surface area is 108 Å². The van der Waals surface area contributed by atoms with Crippen molar-refractivity contribution in [1.82, 2.24) is 0 Å². The maximum absolute atomic E-state index is 10.8. The van der Waals surface area contributed by atoms with Crippen LogP contribution in [0.1, 0.15) is 10.6 Å². The van der Waals surface area contributed by atoms with Gasteiger partial charge in [0.25, 0.3) is 0 Å². The van der Waals surface area contributed by atoms with Crippen LogP contribution in [0.2, 0.25) is 0 Å². The maximum Gasteiger partial charge on any atom is 0.370 e. The molecule has 0 aliphatic rings. The van der Waals surface area contributed by atoms with Crippen molar-refractivity contribution in [3.8, 4) is 0 Å². The molecule has 0 unspecified atom stereocenters. The van der Waals surface area contributed by atoms with E-state index in [-0.39, 0.29) is 23.5 Å². The third-order valence-corrected chi connectivity index (χ3v) is 3.47. The molecule has 1 heterocycles. The smallest absolute Gasteiger partial charge is 0.370 e. The van der Waals surface area contributed by atoms with E-state index in [2.05, 4.69) is 0 Å². The number of para-hydroxylation sites is 1. The summed E-state index contributed by atoms with van der Waals surface area (Å²) < 4.78 is 3.01. The molecule has 5 heteroatoms. The normalized spacial score (nSPS) is 10.1. The molecule has 2 rings (SSSR count). The number of halogens is 1. The minimum Gasteiger partial charge on any atom is -1.00 e. The zero-order chi connectivity index (χ0) is 11.0. The molecule has 1 aromatic heterocycles. The first-order valence-electron chi connectivity index (χ1n) is 4.70. The number of carboxylic acids is 1. The Kier molecular flexibility index (Phi) is 4.04. The summed E-state index contributed by atoms with van der Waals surface area (Å²) in [7, 11) is 0. The van der Waals surface area contributed by atoms with Gasteiger partial charge in [-0.25, -0.2) is 4.79 Å². The van der Waals surface area contributed by atoms with Gasteiger partial charge < -0.3 is 22.1 Å². The number of fused-ring (bicyclic) bond motifs is 1. The van der Waals surface area contributed by atoms with E-state index in [9.17, 15) is 4.79 Å². The van der Waals surface area contributed by atoms with Crippen LogP contribution in [0.3, 0.4) is 0 Å². The van der Waals surface area contributed by atoms with E-state index in [1.807, 2.05) is 36.6 Å². The number of thiazole rings is 1. The third-order valence-electron chi connectivity index (χ3n) is 2.40. The minimum atomic E-state index is -0.800. The van der Waals surface area contributed by atoms with E-state index in [1.165, 1.54) is 0 Å². The van der Waals surface area contributed by atoms with Gasteiger partial charge in [0.15, 0.2) is 0 Å². The number of aliphatic carboxylic acids is 1. The van der Waals surface area contributed by atoms with Crippen LogP contribution in [-0.2, 0) is 11.3 Å². The molecule has 0 saturated heterocycles. The van der Waals surface area contributed by atoms with E-state index in [1.54, 1.807) is 11.3 Å². The van der Waals surface area contributed by atoms with Gasteiger partial charge in [0.05, 0.1) is 0 Å². The summed E-state index contributed by atoms with van der Waals surface area (Å²) >= 11 is 1.63. The van der Waals surface area contributed by atoms with Gasteiger partial charge in [-0.15, -0.1) is 0 Å². The van der Waals surface area contributed by atoms with E-state index in [0.29, 0.717) is 0 Å². The lowest BCUT2D eigenvalue weighted by Gasteiger charge is -1.94. The highest BCUT2D eigenvalue weighted by molar-refractivity contribution is 7.18. The van der Waals surface area contributed by atoms with Crippen LogP contribution in [0.4, 0.5) is 0 Å². The fraction of sp³-hybridized carbons (Fsp3) is 0.273. The van der Waals surface area contributed by atoms with Gasteiger partial charge in [-0.2, -0.15) is 4.57 Å². The maximum atomic E-state index is 10.8. The van der Waals surface area contributed by atoms with Crippen LogP contribution in [-0.4, -0.2) is 11.1 Å². The van der Waals surface area contributed by atoms with Crippen molar-refractivity contribution in [2.75, 3.05) is 0 Å². The predicted octanol–water partition coefficient (Wildman–Crippen LogP) is -1.11. The van der Waals surface area contributed by atoms with E-state index in [4.69, 9.17) is 5.11 Å². The minimum absolute atomic E-state index is 0. The number of rotatable bonds is 2. The first-order chi connectivity index (χ1) is 7.09. The quantitative estimate of drug-likeness (QED) is 0.715. The lowest BCUT2D eigenvalue weighted by atomic mass is 10.2. The summed E-state index contributed by atoms with van der Waals surface area (Å²) in [5, 5.41) is 9.87. The number of benzene rings is 1. The Morgan fingerprint density at radius 1 is 1.44 bits per heavy atom. The van der Waals surface area contributed by atoms with Gasteiger partial charge in [-0.1, -0.05) is 23.5 Å². The summed E-state index contributed by atoms with van der Waals surface area (Å²) in [6, 6.07) is 6.03.